The summed E-state index contributed by atoms with van der Waals surface area (Å²) >= 11 is 3.17. The van der Waals surface area contributed by atoms with Gasteiger partial charge in [-0.05, 0) is 29.3 Å². The van der Waals surface area contributed by atoms with Gasteiger partial charge in [0.1, 0.15) is 6.04 Å². The molecule has 7 heteroatoms. The lowest BCUT2D eigenvalue weighted by molar-refractivity contribution is -0.133. The van der Waals surface area contributed by atoms with E-state index in [1.807, 2.05) is 61.7 Å². The topological polar surface area (TPSA) is 78.4 Å². The third-order valence-corrected chi connectivity index (χ3v) is 6.81. The van der Waals surface area contributed by atoms with Crippen molar-refractivity contribution in [2.24, 2.45) is 11.8 Å². The van der Waals surface area contributed by atoms with Crippen LogP contribution in [0, 0.1) is 11.8 Å². The summed E-state index contributed by atoms with van der Waals surface area (Å²) in [7, 11) is 1.56. The first-order valence-corrected chi connectivity index (χ1v) is 11.7. The second kappa shape index (κ2) is 12.0. The standard InChI is InChI=1S/C22H30N2O3S2/c1-15(2)12-17(19(25)14-29-20-10-7-11-28-20)21(26)24-18(22(27)23-3)13-16-8-5-4-6-9-16/h4-11,15,17-19,25H,12-14H2,1-3H3,(H,23,27)(H,24,26)/t17-,18+,19+/m1/s1. The van der Waals surface area contributed by atoms with E-state index in [-0.39, 0.29) is 17.7 Å². The minimum Gasteiger partial charge on any atom is -0.391 e. The number of likely N-dealkylation sites (N-methyl/N-ethyl adjacent to an activating group) is 1. The summed E-state index contributed by atoms with van der Waals surface area (Å²) in [6, 6.07) is 12.9. The predicted octanol–water partition coefficient (Wildman–Crippen LogP) is 3.34. The van der Waals surface area contributed by atoms with Crippen molar-refractivity contribution in [1.29, 1.82) is 0 Å². The minimum absolute atomic E-state index is 0.243. The Balaban J connectivity index is 2.07. The molecule has 0 aliphatic carbocycles. The summed E-state index contributed by atoms with van der Waals surface area (Å²) in [5.74, 6) is -0.394. The Morgan fingerprint density at radius 1 is 1.10 bits per heavy atom. The fourth-order valence-corrected chi connectivity index (χ4v) is 4.92. The number of aliphatic hydroxyl groups excluding tert-OH is 1. The molecule has 0 saturated carbocycles. The molecule has 3 atom stereocenters. The van der Waals surface area contributed by atoms with Gasteiger partial charge in [-0.2, -0.15) is 0 Å². The van der Waals surface area contributed by atoms with Gasteiger partial charge < -0.3 is 15.7 Å². The Kier molecular flexibility index (Phi) is 9.70. The quantitative estimate of drug-likeness (QED) is 0.474. The Morgan fingerprint density at radius 3 is 2.41 bits per heavy atom. The van der Waals surface area contributed by atoms with E-state index in [1.165, 1.54) is 0 Å². The van der Waals surface area contributed by atoms with Gasteiger partial charge in [-0.3, -0.25) is 9.59 Å². The molecule has 158 valence electrons. The van der Waals surface area contributed by atoms with Crippen LogP contribution in [0.2, 0.25) is 0 Å². The first kappa shape index (κ1) is 23.4. The van der Waals surface area contributed by atoms with Crippen molar-refractivity contribution in [3.05, 3.63) is 53.4 Å². The third-order valence-electron chi connectivity index (χ3n) is 4.58. The predicted molar refractivity (Wildman–Crippen MR) is 120 cm³/mol. The van der Waals surface area contributed by atoms with E-state index in [4.69, 9.17) is 0 Å². The van der Waals surface area contributed by atoms with Gasteiger partial charge in [-0.15, -0.1) is 23.1 Å². The SMILES string of the molecule is CNC(=O)[C@H](Cc1ccccc1)NC(=O)[C@H](CC(C)C)[C@@H](O)CSc1cccs1. The molecule has 2 aromatic rings. The minimum atomic E-state index is -0.786. The maximum absolute atomic E-state index is 13.0. The maximum atomic E-state index is 13.0. The summed E-state index contributed by atoms with van der Waals surface area (Å²) in [6.07, 6.45) is 0.177. The van der Waals surface area contributed by atoms with Gasteiger partial charge in [-0.25, -0.2) is 0 Å². The first-order chi connectivity index (χ1) is 13.9. The molecule has 0 radical (unpaired) electrons. The van der Waals surface area contributed by atoms with Crippen molar-refractivity contribution in [1.82, 2.24) is 10.6 Å². The lowest BCUT2D eigenvalue weighted by atomic mass is 9.91. The van der Waals surface area contributed by atoms with E-state index in [1.54, 1.807) is 30.1 Å². The number of hydrogen-bond donors (Lipinski definition) is 3. The van der Waals surface area contributed by atoms with Crippen LogP contribution in [0.3, 0.4) is 0 Å². The monoisotopic (exact) mass is 434 g/mol. The Hall–Kier alpha value is -1.83. The highest BCUT2D eigenvalue weighted by Crippen LogP contribution is 2.27. The number of carbonyl (C=O) groups is 2. The van der Waals surface area contributed by atoms with Gasteiger partial charge in [0.2, 0.25) is 11.8 Å². The molecule has 5 nitrogen and oxygen atoms in total. The van der Waals surface area contributed by atoms with Gasteiger partial charge in [0.15, 0.2) is 0 Å². The van der Waals surface area contributed by atoms with E-state index >= 15 is 0 Å². The first-order valence-electron chi connectivity index (χ1n) is 9.81. The molecule has 2 amide bonds. The number of amides is 2. The molecule has 0 fully saturated rings. The average molecular weight is 435 g/mol. The second-order valence-corrected chi connectivity index (χ2v) is 9.68. The van der Waals surface area contributed by atoms with Crippen LogP contribution in [-0.4, -0.2) is 41.9 Å². The Morgan fingerprint density at radius 2 is 1.83 bits per heavy atom. The Labute approximate surface area is 181 Å². The molecular formula is C22H30N2O3S2. The molecule has 29 heavy (non-hydrogen) atoms. The van der Waals surface area contributed by atoms with Gasteiger partial charge in [0.05, 0.1) is 16.2 Å². The van der Waals surface area contributed by atoms with Crippen LogP contribution in [0.1, 0.15) is 25.8 Å². The van der Waals surface area contributed by atoms with E-state index in [0.29, 0.717) is 18.6 Å². The summed E-state index contributed by atoms with van der Waals surface area (Å²) in [6.45, 7) is 4.05. The summed E-state index contributed by atoms with van der Waals surface area (Å²) in [5.41, 5.74) is 0.968. The number of nitrogens with one attached hydrogen (secondary N) is 2. The molecule has 0 unspecified atom stereocenters. The summed E-state index contributed by atoms with van der Waals surface area (Å²) in [4.78, 5) is 25.4. The molecular weight excluding hydrogens is 404 g/mol. The number of aliphatic hydroxyl groups is 1. The van der Waals surface area contributed by atoms with E-state index < -0.39 is 18.1 Å². The van der Waals surface area contributed by atoms with Gasteiger partial charge in [-0.1, -0.05) is 50.2 Å². The number of benzene rings is 1. The zero-order valence-electron chi connectivity index (χ0n) is 17.1. The summed E-state index contributed by atoms with van der Waals surface area (Å²) < 4.78 is 1.11. The van der Waals surface area contributed by atoms with E-state index in [9.17, 15) is 14.7 Å². The zero-order valence-corrected chi connectivity index (χ0v) is 18.8. The molecule has 0 aliphatic rings. The van der Waals surface area contributed by atoms with Crippen molar-refractivity contribution in [3.63, 3.8) is 0 Å². The molecule has 3 N–H and O–H groups in total. The maximum Gasteiger partial charge on any atom is 0.242 e. The Bertz CT molecular complexity index is 751. The largest absolute Gasteiger partial charge is 0.391 e. The lowest BCUT2D eigenvalue weighted by Crippen LogP contribution is -2.51. The van der Waals surface area contributed by atoms with Crippen LogP contribution < -0.4 is 10.6 Å². The third kappa shape index (κ3) is 7.84. The van der Waals surface area contributed by atoms with Crippen LogP contribution in [-0.2, 0) is 16.0 Å². The van der Waals surface area contributed by atoms with Crippen molar-refractivity contribution in [2.75, 3.05) is 12.8 Å². The van der Waals surface area contributed by atoms with Crippen molar-refractivity contribution in [2.45, 2.75) is 43.0 Å². The van der Waals surface area contributed by atoms with Crippen LogP contribution >= 0.6 is 23.1 Å². The fraction of sp³-hybridized carbons (Fsp3) is 0.455. The number of rotatable bonds is 11. The van der Waals surface area contributed by atoms with Gasteiger partial charge in [0.25, 0.3) is 0 Å². The highest BCUT2D eigenvalue weighted by atomic mass is 32.2. The normalized spacial score (nSPS) is 14.2. The highest BCUT2D eigenvalue weighted by molar-refractivity contribution is 8.01. The molecule has 2 rings (SSSR count). The molecule has 0 bridgehead atoms. The number of hydrogen-bond acceptors (Lipinski definition) is 5. The van der Waals surface area contributed by atoms with Crippen LogP contribution in [0.15, 0.2) is 52.1 Å². The van der Waals surface area contributed by atoms with Crippen LogP contribution in [0.5, 0.6) is 0 Å². The molecule has 1 heterocycles. The van der Waals surface area contributed by atoms with E-state index in [0.717, 1.165) is 9.77 Å². The van der Waals surface area contributed by atoms with Crippen molar-refractivity contribution < 1.29 is 14.7 Å². The molecule has 0 spiro atoms. The number of thioether (sulfide) groups is 1. The average Bonchev–Trinajstić information content (AvgIpc) is 3.23. The number of carbonyl (C=O) groups excluding carboxylic acids is 2. The second-order valence-electron chi connectivity index (χ2n) is 7.41. The lowest BCUT2D eigenvalue weighted by Gasteiger charge is -2.26. The van der Waals surface area contributed by atoms with Crippen LogP contribution in [0.25, 0.3) is 0 Å². The van der Waals surface area contributed by atoms with Gasteiger partial charge in [0, 0.05) is 19.2 Å². The smallest absolute Gasteiger partial charge is 0.242 e. The molecule has 0 saturated heterocycles. The molecule has 1 aromatic heterocycles. The van der Waals surface area contributed by atoms with Crippen molar-refractivity contribution in [3.8, 4) is 0 Å². The fourth-order valence-electron chi connectivity index (χ4n) is 3.09. The zero-order chi connectivity index (χ0) is 21.2. The van der Waals surface area contributed by atoms with Crippen molar-refractivity contribution >= 4 is 34.9 Å². The molecule has 0 aliphatic heterocycles. The molecule has 1 aromatic carbocycles. The summed E-state index contributed by atoms with van der Waals surface area (Å²) in [5, 5.41) is 18.2. The highest BCUT2D eigenvalue weighted by Gasteiger charge is 2.31. The van der Waals surface area contributed by atoms with Crippen LogP contribution in [0.4, 0.5) is 0 Å². The number of thiophene rings is 1. The van der Waals surface area contributed by atoms with Gasteiger partial charge >= 0.3 is 0 Å². The van der Waals surface area contributed by atoms with E-state index in [2.05, 4.69) is 10.6 Å².